The van der Waals surface area contributed by atoms with E-state index in [9.17, 15) is 14.4 Å². The molecule has 1 atom stereocenters. The van der Waals surface area contributed by atoms with Gasteiger partial charge in [0.15, 0.2) is 18.5 Å². The number of benzene rings is 1. The highest BCUT2D eigenvalue weighted by molar-refractivity contribution is 6.30. The maximum absolute atomic E-state index is 12.3. The van der Waals surface area contributed by atoms with Crippen molar-refractivity contribution in [3.05, 3.63) is 51.8 Å². The van der Waals surface area contributed by atoms with Gasteiger partial charge in [-0.2, -0.15) is 0 Å². The Morgan fingerprint density at radius 1 is 1.15 bits per heavy atom. The monoisotopic (exact) mass is 377 g/mol. The van der Waals surface area contributed by atoms with E-state index < -0.39 is 24.5 Å². The quantitative estimate of drug-likeness (QED) is 0.587. The highest BCUT2D eigenvalue weighted by Crippen LogP contribution is 2.19. The second-order valence-electron chi connectivity index (χ2n) is 5.93. The number of hydrogen-bond donors (Lipinski definition) is 1. The van der Waals surface area contributed by atoms with Crippen LogP contribution in [0.5, 0.6) is 5.75 Å². The van der Waals surface area contributed by atoms with Crippen molar-refractivity contribution >= 4 is 29.1 Å². The zero-order chi connectivity index (χ0) is 19.4. The van der Waals surface area contributed by atoms with E-state index in [2.05, 4.69) is 4.98 Å². The van der Waals surface area contributed by atoms with Gasteiger partial charge in [0, 0.05) is 16.3 Å². The van der Waals surface area contributed by atoms with Crippen molar-refractivity contribution in [1.82, 2.24) is 4.98 Å². The lowest BCUT2D eigenvalue weighted by Gasteiger charge is -2.13. The molecule has 1 aromatic heterocycles. The summed E-state index contributed by atoms with van der Waals surface area (Å²) in [6.45, 7) is 5.92. The largest absolute Gasteiger partial charge is 0.479 e. The Labute approximate surface area is 156 Å². The fourth-order valence-corrected chi connectivity index (χ4v) is 2.77. The van der Waals surface area contributed by atoms with Crippen molar-refractivity contribution in [2.24, 2.45) is 0 Å². The number of carbonyl (C=O) groups excluding carboxylic acids is 3. The smallest absolute Gasteiger partial charge is 0.347 e. The molecule has 0 spiro atoms. The fraction of sp³-hybridized carbons (Fsp3) is 0.316. The Bertz CT molecular complexity index is 838. The first kappa shape index (κ1) is 19.7. The van der Waals surface area contributed by atoms with Crippen LogP contribution >= 0.6 is 11.6 Å². The zero-order valence-corrected chi connectivity index (χ0v) is 15.8. The van der Waals surface area contributed by atoms with E-state index in [0.29, 0.717) is 27.6 Å². The van der Waals surface area contributed by atoms with Gasteiger partial charge in [-0.3, -0.25) is 9.59 Å². The predicted molar refractivity (Wildman–Crippen MR) is 97.1 cm³/mol. The molecule has 26 heavy (non-hydrogen) atoms. The number of carbonyl (C=O) groups is 3. The maximum Gasteiger partial charge on any atom is 0.347 e. The number of aromatic nitrogens is 1. The molecule has 138 valence electrons. The van der Waals surface area contributed by atoms with Crippen LogP contribution in [0.4, 0.5) is 0 Å². The molecule has 1 N–H and O–H groups in total. The van der Waals surface area contributed by atoms with Gasteiger partial charge in [-0.05, 0) is 57.5 Å². The number of halogens is 1. The van der Waals surface area contributed by atoms with Crippen molar-refractivity contribution in [3.63, 3.8) is 0 Å². The van der Waals surface area contributed by atoms with Gasteiger partial charge in [0.25, 0.3) is 0 Å². The van der Waals surface area contributed by atoms with Gasteiger partial charge in [0.1, 0.15) is 5.75 Å². The number of aromatic amines is 1. The van der Waals surface area contributed by atoms with Gasteiger partial charge >= 0.3 is 5.97 Å². The number of nitrogens with one attached hydrogen (secondary N) is 1. The van der Waals surface area contributed by atoms with E-state index in [1.165, 1.54) is 13.8 Å². The molecule has 0 radical (unpaired) electrons. The minimum absolute atomic E-state index is 0.128. The maximum atomic E-state index is 12.3. The van der Waals surface area contributed by atoms with Crippen LogP contribution < -0.4 is 4.74 Å². The van der Waals surface area contributed by atoms with Crippen LogP contribution in [0.15, 0.2) is 24.3 Å². The fourth-order valence-electron chi connectivity index (χ4n) is 2.65. The highest BCUT2D eigenvalue weighted by Gasteiger charge is 2.22. The van der Waals surface area contributed by atoms with Gasteiger partial charge in [-0.1, -0.05) is 11.6 Å². The van der Waals surface area contributed by atoms with E-state index >= 15 is 0 Å². The average Bonchev–Trinajstić information content (AvgIpc) is 2.89. The molecule has 6 nitrogen and oxygen atoms in total. The molecule has 1 heterocycles. The molecule has 0 fully saturated rings. The molecule has 0 unspecified atom stereocenters. The van der Waals surface area contributed by atoms with Crippen LogP contribution in [0.1, 0.15) is 46.0 Å². The third-order valence-electron chi connectivity index (χ3n) is 3.87. The normalized spacial score (nSPS) is 11.7. The SMILES string of the molecule is CC(=O)c1c(C)[nH]c(C(=O)COC(=O)[C@H](C)Oc2ccc(Cl)cc2)c1C. The van der Waals surface area contributed by atoms with E-state index in [-0.39, 0.29) is 11.5 Å². The molecule has 0 aliphatic carbocycles. The Morgan fingerprint density at radius 3 is 2.31 bits per heavy atom. The minimum atomic E-state index is -0.886. The summed E-state index contributed by atoms with van der Waals surface area (Å²) in [6.07, 6.45) is -0.886. The third kappa shape index (κ3) is 4.52. The summed E-state index contributed by atoms with van der Waals surface area (Å²) in [5, 5.41) is 0.555. The molecule has 0 bridgehead atoms. The molecule has 1 aromatic carbocycles. The number of Topliss-reactive ketones (excluding diaryl/α,β-unsaturated/α-hetero) is 2. The predicted octanol–water partition coefficient (Wildman–Crippen LogP) is 3.68. The zero-order valence-electron chi connectivity index (χ0n) is 15.0. The number of ketones is 2. The summed E-state index contributed by atoms with van der Waals surface area (Å²) in [6, 6.07) is 6.54. The Kier molecular flexibility index (Phi) is 6.21. The van der Waals surface area contributed by atoms with Gasteiger partial charge in [0.05, 0.1) is 5.69 Å². The van der Waals surface area contributed by atoms with E-state index in [4.69, 9.17) is 21.1 Å². The molecule has 0 aliphatic heterocycles. The first-order valence-corrected chi connectivity index (χ1v) is 8.40. The standard InChI is InChI=1S/C19H20ClNO5/c1-10-17(12(3)22)11(2)21-18(10)16(23)9-25-19(24)13(4)26-15-7-5-14(20)6-8-15/h5-8,13,21H,9H2,1-4H3/t13-/m0/s1. The van der Waals surface area contributed by atoms with E-state index in [1.54, 1.807) is 38.1 Å². The molecule has 0 aliphatic rings. The first-order valence-electron chi connectivity index (χ1n) is 8.02. The summed E-state index contributed by atoms with van der Waals surface area (Å²) in [4.78, 5) is 38.8. The average molecular weight is 378 g/mol. The highest BCUT2D eigenvalue weighted by atomic mass is 35.5. The van der Waals surface area contributed by atoms with Crippen molar-refractivity contribution in [2.45, 2.75) is 33.8 Å². The van der Waals surface area contributed by atoms with Crippen LogP contribution in [0, 0.1) is 13.8 Å². The summed E-state index contributed by atoms with van der Waals surface area (Å²) in [5.41, 5.74) is 1.93. The van der Waals surface area contributed by atoms with Crippen LogP contribution in [-0.4, -0.2) is 35.2 Å². The first-order chi connectivity index (χ1) is 12.2. The number of ether oxygens (including phenoxy) is 2. The van der Waals surface area contributed by atoms with Gasteiger partial charge < -0.3 is 14.5 Å². The van der Waals surface area contributed by atoms with E-state index in [1.807, 2.05) is 0 Å². The van der Waals surface area contributed by atoms with Gasteiger partial charge in [-0.15, -0.1) is 0 Å². The lowest BCUT2D eigenvalue weighted by atomic mass is 10.1. The van der Waals surface area contributed by atoms with Crippen molar-refractivity contribution in [2.75, 3.05) is 6.61 Å². The molecular weight excluding hydrogens is 358 g/mol. The number of rotatable bonds is 7. The summed E-state index contributed by atoms with van der Waals surface area (Å²) < 4.78 is 10.5. The van der Waals surface area contributed by atoms with Crippen molar-refractivity contribution < 1.29 is 23.9 Å². The number of aryl methyl sites for hydroxylation is 1. The Hall–Kier alpha value is -2.60. The molecule has 7 heteroatoms. The molecule has 2 aromatic rings. The number of esters is 1. The van der Waals surface area contributed by atoms with Crippen LogP contribution in [0.25, 0.3) is 0 Å². The number of H-pyrrole nitrogens is 1. The topological polar surface area (TPSA) is 85.5 Å². The summed E-state index contributed by atoms with van der Waals surface area (Å²) >= 11 is 5.79. The Balaban J connectivity index is 1.96. The minimum Gasteiger partial charge on any atom is -0.479 e. The second kappa shape index (κ2) is 8.19. The summed E-state index contributed by atoms with van der Waals surface area (Å²) in [5.74, 6) is -0.740. The van der Waals surface area contributed by atoms with Gasteiger partial charge in [0.2, 0.25) is 5.78 Å². The molecule has 0 saturated heterocycles. The van der Waals surface area contributed by atoms with Crippen molar-refractivity contribution in [1.29, 1.82) is 0 Å². The van der Waals surface area contributed by atoms with E-state index in [0.717, 1.165) is 0 Å². The lowest BCUT2D eigenvalue weighted by molar-refractivity contribution is -0.149. The molecule has 2 rings (SSSR count). The molecular formula is C19H20ClNO5. The molecule has 0 saturated carbocycles. The van der Waals surface area contributed by atoms with Crippen LogP contribution in [0.2, 0.25) is 5.02 Å². The van der Waals surface area contributed by atoms with Crippen LogP contribution in [0.3, 0.4) is 0 Å². The second-order valence-corrected chi connectivity index (χ2v) is 6.36. The lowest BCUT2D eigenvalue weighted by Crippen LogP contribution is -2.28. The van der Waals surface area contributed by atoms with Crippen molar-refractivity contribution in [3.8, 4) is 5.75 Å². The third-order valence-corrected chi connectivity index (χ3v) is 4.12. The Morgan fingerprint density at radius 2 is 1.77 bits per heavy atom. The molecule has 0 amide bonds. The summed E-state index contributed by atoms with van der Waals surface area (Å²) in [7, 11) is 0. The van der Waals surface area contributed by atoms with Gasteiger partial charge in [-0.25, -0.2) is 4.79 Å². The number of hydrogen-bond acceptors (Lipinski definition) is 5. The van der Waals surface area contributed by atoms with Crippen LogP contribution in [-0.2, 0) is 9.53 Å².